The summed E-state index contributed by atoms with van der Waals surface area (Å²) in [5.74, 6) is -0.251. The maximum absolute atomic E-state index is 12.9. The van der Waals surface area contributed by atoms with E-state index in [2.05, 4.69) is 20.5 Å². The summed E-state index contributed by atoms with van der Waals surface area (Å²) in [6.07, 6.45) is 3.25. The quantitative estimate of drug-likeness (QED) is 0.853. The molecule has 0 saturated carbocycles. The summed E-state index contributed by atoms with van der Waals surface area (Å²) in [5, 5.41) is 6.18. The molecule has 1 amide bonds. The third-order valence-electron chi connectivity index (χ3n) is 3.91. The predicted octanol–water partition coefficient (Wildman–Crippen LogP) is 1.08. The molecule has 0 spiro atoms. The topological polar surface area (TPSA) is 57.3 Å². The third kappa shape index (κ3) is 4.75. The molecule has 0 bridgehead atoms. The summed E-state index contributed by atoms with van der Waals surface area (Å²) in [4.78, 5) is 17.6. The Morgan fingerprint density at radius 1 is 1.48 bits per heavy atom. The molecule has 2 heterocycles. The Morgan fingerprint density at radius 2 is 2.19 bits per heavy atom. The van der Waals surface area contributed by atoms with Gasteiger partial charge in [0.05, 0.1) is 18.4 Å². The highest BCUT2D eigenvalue weighted by Crippen LogP contribution is 2.16. The van der Waals surface area contributed by atoms with E-state index in [0.29, 0.717) is 12.6 Å². The highest BCUT2D eigenvalue weighted by Gasteiger charge is 2.22. The molecule has 0 radical (unpaired) electrons. The van der Waals surface area contributed by atoms with Gasteiger partial charge in [-0.15, -0.1) is 0 Å². The lowest BCUT2D eigenvalue weighted by Gasteiger charge is -2.33. The van der Waals surface area contributed by atoms with Crippen molar-refractivity contribution in [3.05, 3.63) is 29.8 Å². The number of likely N-dealkylation sites (N-methyl/N-ethyl adjacent to an activating group) is 1. The molecule has 21 heavy (non-hydrogen) atoms. The molecule has 1 aromatic heterocycles. The molecule has 1 aromatic rings. The van der Waals surface area contributed by atoms with Gasteiger partial charge in [0.15, 0.2) is 0 Å². The lowest BCUT2D eigenvalue weighted by molar-refractivity contribution is -0.122. The van der Waals surface area contributed by atoms with Crippen LogP contribution in [0.5, 0.6) is 0 Å². The zero-order chi connectivity index (χ0) is 15.2. The van der Waals surface area contributed by atoms with E-state index < -0.39 is 0 Å². The van der Waals surface area contributed by atoms with Crippen LogP contribution < -0.4 is 10.6 Å². The van der Waals surface area contributed by atoms with Gasteiger partial charge in [-0.3, -0.25) is 14.7 Å². The van der Waals surface area contributed by atoms with E-state index in [4.69, 9.17) is 0 Å². The van der Waals surface area contributed by atoms with Gasteiger partial charge >= 0.3 is 0 Å². The third-order valence-corrected chi connectivity index (χ3v) is 3.91. The van der Waals surface area contributed by atoms with Crippen molar-refractivity contribution < 1.29 is 9.18 Å². The second-order valence-corrected chi connectivity index (χ2v) is 5.51. The van der Waals surface area contributed by atoms with Crippen molar-refractivity contribution in [2.45, 2.75) is 31.8 Å². The molecule has 5 nitrogen and oxygen atoms in total. The zero-order valence-electron chi connectivity index (χ0n) is 12.6. The van der Waals surface area contributed by atoms with Gasteiger partial charge < -0.3 is 10.6 Å². The van der Waals surface area contributed by atoms with Crippen molar-refractivity contribution in [1.29, 1.82) is 0 Å². The predicted molar refractivity (Wildman–Crippen MR) is 79.3 cm³/mol. The van der Waals surface area contributed by atoms with E-state index in [1.165, 1.54) is 12.3 Å². The van der Waals surface area contributed by atoms with E-state index in [9.17, 15) is 9.18 Å². The Hall–Kier alpha value is -1.53. The van der Waals surface area contributed by atoms with Gasteiger partial charge in [0.1, 0.15) is 5.82 Å². The molecule has 1 unspecified atom stereocenters. The standard InChI is InChI=1S/C15H23FN4O/c1-11(14-4-3-12(16)9-18-14)19-13-5-7-20(8-6-13)10-15(21)17-2/h3-4,9,11,13,19H,5-8,10H2,1-2H3,(H,17,21). The van der Waals surface area contributed by atoms with Gasteiger partial charge in [-0.2, -0.15) is 0 Å². The number of nitrogens with zero attached hydrogens (tertiary/aromatic N) is 2. The zero-order valence-corrected chi connectivity index (χ0v) is 12.6. The number of hydrogen-bond donors (Lipinski definition) is 2. The number of likely N-dealkylation sites (tertiary alicyclic amines) is 1. The molecule has 0 aromatic carbocycles. The number of amides is 1. The van der Waals surface area contributed by atoms with Crippen LogP contribution in [-0.2, 0) is 4.79 Å². The molecule has 1 atom stereocenters. The fourth-order valence-corrected chi connectivity index (χ4v) is 2.62. The SMILES string of the molecule is CNC(=O)CN1CCC(NC(C)c2ccc(F)cn2)CC1. The molecule has 1 fully saturated rings. The Kier molecular flexibility index (Phi) is 5.64. The minimum Gasteiger partial charge on any atom is -0.358 e. The molecular formula is C15H23FN4O. The Labute approximate surface area is 124 Å². The van der Waals surface area contributed by atoms with Crippen LogP contribution in [0.15, 0.2) is 18.3 Å². The van der Waals surface area contributed by atoms with Gasteiger partial charge in [-0.05, 0) is 31.9 Å². The van der Waals surface area contributed by atoms with Crippen molar-refractivity contribution in [2.75, 3.05) is 26.7 Å². The van der Waals surface area contributed by atoms with E-state index in [1.54, 1.807) is 13.1 Å². The number of halogens is 1. The van der Waals surface area contributed by atoms with Crippen LogP contribution in [0.3, 0.4) is 0 Å². The first-order valence-corrected chi connectivity index (χ1v) is 7.39. The van der Waals surface area contributed by atoms with Gasteiger partial charge in [-0.25, -0.2) is 4.39 Å². The summed E-state index contributed by atoms with van der Waals surface area (Å²) >= 11 is 0. The van der Waals surface area contributed by atoms with Crippen LogP contribution in [0.25, 0.3) is 0 Å². The molecule has 1 saturated heterocycles. The normalized spacial score (nSPS) is 18.4. The van der Waals surface area contributed by atoms with Crippen LogP contribution in [-0.4, -0.2) is 48.5 Å². The average Bonchev–Trinajstić information content (AvgIpc) is 2.49. The van der Waals surface area contributed by atoms with E-state index in [0.717, 1.165) is 31.6 Å². The minimum absolute atomic E-state index is 0.0605. The number of piperidine rings is 1. The van der Waals surface area contributed by atoms with Crippen molar-refractivity contribution in [3.8, 4) is 0 Å². The molecule has 0 aliphatic carbocycles. The maximum Gasteiger partial charge on any atom is 0.233 e. The Bertz CT molecular complexity index is 457. The molecular weight excluding hydrogens is 271 g/mol. The first-order chi connectivity index (χ1) is 10.1. The van der Waals surface area contributed by atoms with Crippen molar-refractivity contribution in [3.63, 3.8) is 0 Å². The molecule has 116 valence electrons. The lowest BCUT2D eigenvalue weighted by atomic mass is 10.0. The van der Waals surface area contributed by atoms with Gasteiger partial charge in [0.2, 0.25) is 5.91 Å². The number of nitrogens with one attached hydrogen (secondary N) is 2. The summed E-state index contributed by atoms with van der Waals surface area (Å²) in [6.45, 7) is 4.33. The fraction of sp³-hybridized carbons (Fsp3) is 0.600. The summed E-state index contributed by atoms with van der Waals surface area (Å²) in [6, 6.07) is 3.66. The first kappa shape index (κ1) is 15.9. The second-order valence-electron chi connectivity index (χ2n) is 5.51. The van der Waals surface area contributed by atoms with Crippen molar-refractivity contribution in [2.24, 2.45) is 0 Å². The van der Waals surface area contributed by atoms with E-state index in [1.807, 2.05) is 6.92 Å². The minimum atomic E-state index is -0.312. The fourth-order valence-electron chi connectivity index (χ4n) is 2.62. The van der Waals surface area contributed by atoms with Crippen LogP contribution in [0.2, 0.25) is 0 Å². The Balaban J connectivity index is 1.77. The van der Waals surface area contributed by atoms with E-state index in [-0.39, 0.29) is 17.8 Å². The highest BCUT2D eigenvalue weighted by atomic mass is 19.1. The number of rotatable bonds is 5. The molecule has 2 N–H and O–H groups in total. The molecule has 1 aliphatic heterocycles. The number of hydrogen-bond acceptors (Lipinski definition) is 4. The second kappa shape index (κ2) is 7.47. The summed E-state index contributed by atoms with van der Waals surface area (Å²) in [7, 11) is 1.66. The number of carbonyl (C=O) groups excluding carboxylic acids is 1. The van der Waals surface area contributed by atoms with Crippen LogP contribution in [0.1, 0.15) is 31.5 Å². The maximum atomic E-state index is 12.9. The monoisotopic (exact) mass is 294 g/mol. The highest BCUT2D eigenvalue weighted by molar-refractivity contribution is 5.77. The Morgan fingerprint density at radius 3 is 2.76 bits per heavy atom. The smallest absolute Gasteiger partial charge is 0.233 e. The number of pyridine rings is 1. The number of carbonyl (C=O) groups is 1. The molecule has 6 heteroatoms. The van der Waals surface area contributed by atoms with Crippen molar-refractivity contribution >= 4 is 5.91 Å². The molecule has 1 aliphatic rings. The number of aromatic nitrogens is 1. The average molecular weight is 294 g/mol. The first-order valence-electron chi connectivity index (χ1n) is 7.39. The van der Waals surface area contributed by atoms with Crippen LogP contribution in [0, 0.1) is 5.82 Å². The largest absolute Gasteiger partial charge is 0.358 e. The van der Waals surface area contributed by atoms with Crippen molar-refractivity contribution in [1.82, 2.24) is 20.5 Å². The van der Waals surface area contributed by atoms with Gasteiger partial charge in [-0.1, -0.05) is 0 Å². The lowest BCUT2D eigenvalue weighted by Crippen LogP contribution is -2.46. The summed E-state index contributed by atoms with van der Waals surface area (Å²) in [5.41, 5.74) is 0.851. The molecule has 2 rings (SSSR count). The van der Waals surface area contributed by atoms with E-state index >= 15 is 0 Å². The van der Waals surface area contributed by atoms with Crippen LogP contribution in [0.4, 0.5) is 4.39 Å². The van der Waals surface area contributed by atoms with Gasteiger partial charge in [0, 0.05) is 32.2 Å². The van der Waals surface area contributed by atoms with Gasteiger partial charge in [0.25, 0.3) is 0 Å². The van der Waals surface area contributed by atoms with Crippen LogP contribution >= 0.6 is 0 Å². The summed E-state index contributed by atoms with van der Waals surface area (Å²) < 4.78 is 12.9.